The number of nitrogens with zero attached hydrogens (tertiary/aromatic N) is 1. The summed E-state index contributed by atoms with van der Waals surface area (Å²) in [6.07, 6.45) is 3.79. The maximum Gasteiger partial charge on any atom is 0.253 e. The van der Waals surface area contributed by atoms with Crippen LogP contribution in [0.15, 0.2) is 41.8 Å². The van der Waals surface area contributed by atoms with Gasteiger partial charge in [0.25, 0.3) is 5.91 Å². The summed E-state index contributed by atoms with van der Waals surface area (Å²) in [4.78, 5) is 15.0. The van der Waals surface area contributed by atoms with Crippen LogP contribution in [-0.2, 0) is 0 Å². The number of carbonyl (C=O) groups excluding carboxylic acids is 1. The second-order valence-corrected chi connectivity index (χ2v) is 5.53. The molecule has 0 aliphatic heterocycles. The molecule has 0 aromatic heterocycles. The van der Waals surface area contributed by atoms with Crippen molar-refractivity contribution in [2.45, 2.75) is 6.92 Å². The van der Waals surface area contributed by atoms with E-state index in [4.69, 9.17) is 4.74 Å². The van der Waals surface area contributed by atoms with Gasteiger partial charge in [0, 0.05) is 29.8 Å². The van der Waals surface area contributed by atoms with E-state index in [-0.39, 0.29) is 11.7 Å². The lowest BCUT2D eigenvalue weighted by molar-refractivity contribution is 0.0803. The topological polar surface area (TPSA) is 49.8 Å². The third-order valence-corrected chi connectivity index (χ3v) is 4.08. The zero-order chi connectivity index (χ0) is 15.8. The first-order valence-electron chi connectivity index (χ1n) is 6.57. The Morgan fingerprint density at radius 1 is 1.52 bits per heavy atom. The second-order valence-electron chi connectivity index (χ2n) is 4.36. The minimum atomic E-state index is -0.102. The van der Waals surface area contributed by atoms with Gasteiger partial charge in [0.15, 0.2) is 11.5 Å². The lowest BCUT2D eigenvalue weighted by Crippen LogP contribution is -2.28. The number of allylic oxidation sites excluding steroid dienone is 2. The van der Waals surface area contributed by atoms with Crippen LogP contribution in [0.5, 0.6) is 11.5 Å². The minimum Gasteiger partial charge on any atom is -0.504 e. The molecule has 0 atom stereocenters. The summed E-state index contributed by atoms with van der Waals surface area (Å²) >= 11 is 1.66. The van der Waals surface area contributed by atoms with Gasteiger partial charge in [0.1, 0.15) is 0 Å². The normalized spacial score (nSPS) is 11.1. The van der Waals surface area contributed by atoms with E-state index in [0.717, 1.165) is 10.7 Å². The lowest BCUT2D eigenvalue weighted by atomic mass is 10.2. The molecule has 1 amide bonds. The molecule has 0 fully saturated rings. The standard InChI is InChI=1S/C16H21NO3S/c1-5-13(6-2)21-10-9-17(3)16(19)12-7-8-14(18)15(11-12)20-4/h5-8,11,18H,1,9-10H2,2-4H3/b13-6+. The number of hydrogen-bond acceptors (Lipinski definition) is 4. The Balaban J connectivity index is 2.64. The van der Waals surface area contributed by atoms with Crippen molar-refractivity contribution in [2.75, 3.05) is 26.5 Å². The molecule has 1 rings (SSSR count). The number of amides is 1. The Bertz CT molecular complexity index is 540. The molecule has 0 radical (unpaired) electrons. The molecule has 5 heteroatoms. The molecule has 0 aliphatic rings. The van der Waals surface area contributed by atoms with Gasteiger partial charge in [-0.25, -0.2) is 0 Å². The summed E-state index contributed by atoms with van der Waals surface area (Å²) in [6, 6.07) is 4.59. The Morgan fingerprint density at radius 2 is 2.24 bits per heavy atom. The van der Waals surface area contributed by atoms with Crippen molar-refractivity contribution in [2.24, 2.45) is 0 Å². The first kappa shape index (κ1) is 17.2. The number of methoxy groups -OCH3 is 1. The van der Waals surface area contributed by atoms with Gasteiger partial charge in [-0.15, -0.1) is 11.8 Å². The summed E-state index contributed by atoms with van der Waals surface area (Å²) in [5.41, 5.74) is 0.493. The summed E-state index contributed by atoms with van der Waals surface area (Å²) in [7, 11) is 3.21. The summed E-state index contributed by atoms with van der Waals surface area (Å²) in [5.74, 6) is 1.01. The number of carbonyl (C=O) groups is 1. The van der Waals surface area contributed by atoms with Crippen molar-refractivity contribution in [1.82, 2.24) is 4.90 Å². The maximum atomic E-state index is 12.3. The highest BCUT2D eigenvalue weighted by Crippen LogP contribution is 2.26. The number of phenolic OH excluding ortho intramolecular Hbond substituents is 1. The first-order chi connectivity index (χ1) is 10.0. The van der Waals surface area contributed by atoms with Crippen LogP contribution < -0.4 is 4.74 Å². The van der Waals surface area contributed by atoms with Crippen molar-refractivity contribution in [1.29, 1.82) is 0 Å². The molecule has 0 aliphatic carbocycles. The molecule has 1 aromatic carbocycles. The van der Waals surface area contributed by atoms with Gasteiger partial charge in [-0.3, -0.25) is 4.79 Å². The fraction of sp³-hybridized carbons (Fsp3) is 0.312. The number of thioether (sulfide) groups is 1. The smallest absolute Gasteiger partial charge is 0.253 e. The Kier molecular flexibility index (Phi) is 6.88. The van der Waals surface area contributed by atoms with E-state index < -0.39 is 0 Å². The van der Waals surface area contributed by atoms with Gasteiger partial charge in [-0.2, -0.15) is 0 Å². The molecule has 114 valence electrons. The second kappa shape index (κ2) is 8.42. The molecular weight excluding hydrogens is 286 g/mol. The number of rotatable bonds is 7. The van der Waals surface area contributed by atoms with Crippen molar-refractivity contribution in [3.63, 3.8) is 0 Å². The number of phenols is 1. The van der Waals surface area contributed by atoms with E-state index in [1.165, 1.54) is 13.2 Å². The van der Waals surface area contributed by atoms with Crippen LogP contribution in [-0.4, -0.2) is 42.4 Å². The average molecular weight is 307 g/mol. The van der Waals surface area contributed by atoms with Crippen LogP contribution in [0.1, 0.15) is 17.3 Å². The third kappa shape index (κ3) is 4.86. The summed E-state index contributed by atoms with van der Waals surface area (Å²) in [6.45, 7) is 6.32. The molecule has 0 saturated carbocycles. The maximum absolute atomic E-state index is 12.3. The number of aromatic hydroxyl groups is 1. The number of hydrogen-bond donors (Lipinski definition) is 1. The van der Waals surface area contributed by atoms with E-state index in [1.54, 1.807) is 41.9 Å². The van der Waals surface area contributed by atoms with Crippen LogP contribution in [0.4, 0.5) is 0 Å². The molecule has 0 unspecified atom stereocenters. The Labute approximate surface area is 130 Å². The highest BCUT2D eigenvalue weighted by atomic mass is 32.2. The SMILES string of the molecule is C=C/C(=C\C)SCCN(C)C(=O)c1ccc(O)c(OC)c1. The molecule has 0 heterocycles. The summed E-state index contributed by atoms with van der Waals surface area (Å²) < 4.78 is 5.01. The molecule has 4 nitrogen and oxygen atoms in total. The van der Waals surface area contributed by atoms with Gasteiger partial charge in [-0.05, 0) is 25.1 Å². The van der Waals surface area contributed by atoms with Gasteiger partial charge >= 0.3 is 0 Å². The fourth-order valence-electron chi connectivity index (χ4n) is 1.69. The highest BCUT2D eigenvalue weighted by Gasteiger charge is 2.14. The van der Waals surface area contributed by atoms with E-state index in [0.29, 0.717) is 17.9 Å². The van der Waals surface area contributed by atoms with Gasteiger partial charge in [-0.1, -0.05) is 18.7 Å². The predicted molar refractivity (Wildman–Crippen MR) is 88.0 cm³/mol. The number of ether oxygens (including phenoxy) is 1. The predicted octanol–water partition coefficient (Wildman–Crippen LogP) is 3.30. The molecule has 21 heavy (non-hydrogen) atoms. The van der Waals surface area contributed by atoms with Crippen LogP contribution >= 0.6 is 11.8 Å². The molecule has 0 saturated heterocycles. The van der Waals surface area contributed by atoms with Crippen molar-refractivity contribution in [3.8, 4) is 11.5 Å². The van der Waals surface area contributed by atoms with Crippen LogP contribution in [0.3, 0.4) is 0 Å². The monoisotopic (exact) mass is 307 g/mol. The van der Waals surface area contributed by atoms with Crippen LogP contribution in [0.2, 0.25) is 0 Å². The molecule has 0 spiro atoms. The van der Waals surface area contributed by atoms with Crippen LogP contribution in [0, 0.1) is 0 Å². The zero-order valence-corrected chi connectivity index (χ0v) is 13.4. The van der Waals surface area contributed by atoms with Crippen molar-refractivity contribution >= 4 is 17.7 Å². The van der Waals surface area contributed by atoms with E-state index in [9.17, 15) is 9.90 Å². The Hall–Kier alpha value is -1.88. The molecule has 0 bridgehead atoms. The van der Waals surface area contributed by atoms with Gasteiger partial charge in [0.05, 0.1) is 7.11 Å². The molecular formula is C16H21NO3S. The van der Waals surface area contributed by atoms with Crippen LogP contribution in [0.25, 0.3) is 0 Å². The van der Waals surface area contributed by atoms with Crippen molar-refractivity contribution in [3.05, 3.63) is 47.4 Å². The average Bonchev–Trinajstić information content (AvgIpc) is 2.51. The highest BCUT2D eigenvalue weighted by molar-refractivity contribution is 8.03. The van der Waals surface area contributed by atoms with Gasteiger partial charge < -0.3 is 14.7 Å². The van der Waals surface area contributed by atoms with E-state index in [2.05, 4.69) is 6.58 Å². The van der Waals surface area contributed by atoms with E-state index in [1.807, 2.05) is 13.0 Å². The molecule has 1 aromatic rings. The largest absolute Gasteiger partial charge is 0.504 e. The quantitative estimate of drug-likeness (QED) is 0.785. The third-order valence-electron chi connectivity index (χ3n) is 2.95. The Morgan fingerprint density at radius 3 is 2.81 bits per heavy atom. The van der Waals surface area contributed by atoms with Crippen molar-refractivity contribution < 1.29 is 14.6 Å². The van der Waals surface area contributed by atoms with Gasteiger partial charge in [0.2, 0.25) is 0 Å². The zero-order valence-electron chi connectivity index (χ0n) is 12.6. The minimum absolute atomic E-state index is 0.0240. The number of benzene rings is 1. The molecule has 1 N–H and O–H groups in total. The fourth-order valence-corrected chi connectivity index (χ4v) is 2.58. The summed E-state index contributed by atoms with van der Waals surface area (Å²) in [5, 5.41) is 9.54. The lowest BCUT2D eigenvalue weighted by Gasteiger charge is -2.17. The van der Waals surface area contributed by atoms with E-state index >= 15 is 0 Å². The first-order valence-corrected chi connectivity index (χ1v) is 7.56.